The number of carboxylic acids is 1. The number of hydrogen-bond acceptors (Lipinski definition) is 4. The van der Waals surface area contributed by atoms with E-state index in [1.165, 1.54) is 6.33 Å². The minimum atomic E-state index is -1.03. The highest BCUT2D eigenvalue weighted by molar-refractivity contribution is 5.87. The predicted molar refractivity (Wildman–Crippen MR) is 76.7 cm³/mol. The summed E-state index contributed by atoms with van der Waals surface area (Å²) in [6.45, 7) is 3.48. The van der Waals surface area contributed by atoms with Gasteiger partial charge in [0.15, 0.2) is 0 Å². The van der Waals surface area contributed by atoms with E-state index in [0.717, 1.165) is 19.4 Å². The molecule has 1 fully saturated rings. The first-order valence-electron chi connectivity index (χ1n) is 7.29. The Balaban J connectivity index is 2.05. The van der Waals surface area contributed by atoms with E-state index in [4.69, 9.17) is 0 Å². The molecule has 1 amide bonds. The third kappa shape index (κ3) is 3.60. The largest absolute Gasteiger partial charge is 0.480 e. The number of nitrogens with zero attached hydrogens (tertiary/aromatic N) is 1. The van der Waals surface area contributed by atoms with E-state index in [1.807, 2.05) is 6.92 Å². The number of aromatic nitrogens is 2. The lowest BCUT2D eigenvalue weighted by Gasteiger charge is -2.36. The summed E-state index contributed by atoms with van der Waals surface area (Å²) in [5.41, 5.74) is 0.190. The number of aliphatic carboxylic acids is 1. The molecule has 0 bridgehead atoms. The van der Waals surface area contributed by atoms with Crippen LogP contribution in [0, 0.1) is 5.41 Å². The summed E-state index contributed by atoms with van der Waals surface area (Å²) in [4.78, 5) is 30.6. The van der Waals surface area contributed by atoms with Crippen molar-refractivity contribution in [3.63, 3.8) is 0 Å². The van der Waals surface area contributed by atoms with Gasteiger partial charge in [-0.2, -0.15) is 0 Å². The molecule has 1 aromatic rings. The standard InChI is InChI=1S/C14H22N4O3/c1-2-14(4-3-5-15-8-14)13(21)18-11(12(19)20)6-10-7-16-9-17-10/h7,9,11,15H,2-6,8H2,1H3,(H,16,17)(H,18,21)(H,19,20). The monoisotopic (exact) mass is 294 g/mol. The fraction of sp³-hybridized carbons (Fsp3) is 0.643. The number of H-pyrrole nitrogens is 1. The molecule has 0 saturated carbocycles. The van der Waals surface area contributed by atoms with Crippen LogP contribution in [-0.4, -0.2) is 46.1 Å². The number of carbonyl (C=O) groups is 2. The van der Waals surface area contributed by atoms with Crippen LogP contribution >= 0.6 is 0 Å². The number of imidazole rings is 1. The van der Waals surface area contributed by atoms with Gasteiger partial charge in [-0.05, 0) is 25.8 Å². The SMILES string of the molecule is CCC1(C(=O)NC(Cc2cnc[nH]2)C(=O)O)CCCNC1. The number of aromatic amines is 1. The highest BCUT2D eigenvalue weighted by atomic mass is 16.4. The minimum absolute atomic E-state index is 0.177. The van der Waals surface area contributed by atoms with Crippen molar-refractivity contribution in [2.45, 2.75) is 38.6 Å². The second kappa shape index (κ2) is 6.71. The van der Waals surface area contributed by atoms with Gasteiger partial charge in [-0.1, -0.05) is 6.92 Å². The lowest BCUT2D eigenvalue weighted by Crippen LogP contribution is -2.54. The molecule has 7 nitrogen and oxygen atoms in total. The van der Waals surface area contributed by atoms with Crippen LogP contribution in [0.2, 0.25) is 0 Å². The first-order chi connectivity index (χ1) is 10.1. The molecule has 1 aliphatic rings. The quantitative estimate of drug-likeness (QED) is 0.604. The Morgan fingerprint density at radius 3 is 2.90 bits per heavy atom. The number of carboxylic acid groups (broad SMARTS) is 1. The third-order valence-corrected chi connectivity index (χ3v) is 4.21. The summed E-state index contributed by atoms with van der Waals surface area (Å²) in [6, 6.07) is -0.941. The van der Waals surface area contributed by atoms with Crippen molar-refractivity contribution in [3.8, 4) is 0 Å². The smallest absolute Gasteiger partial charge is 0.326 e. The van der Waals surface area contributed by atoms with Crippen molar-refractivity contribution in [2.75, 3.05) is 13.1 Å². The summed E-state index contributed by atoms with van der Waals surface area (Å²) < 4.78 is 0. The molecular weight excluding hydrogens is 272 g/mol. The number of rotatable bonds is 6. The number of nitrogens with one attached hydrogen (secondary N) is 3. The topological polar surface area (TPSA) is 107 Å². The van der Waals surface area contributed by atoms with Crippen LogP contribution in [0.25, 0.3) is 0 Å². The molecule has 0 spiro atoms. The summed E-state index contributed by atoms with van der Waals surface area (Å²) >= 11 is 0. The molecule has 0 radical (unpaired) electrons. The molecule has 21 heavy (non-hydrogen) atoms. The van der Waals surface area contributed by atoms with E-state index < -0.39 is 17.4 Å². The zero-order valence-corrected chi connectivity index (χ0v) is 12.2. The van der Waals surface area contributed by atoms with Gasteiger partial charge in [0.2, 0.25) is 5.91 Å². The first kappa shape index (κ1) is 15.5. The Labute approximate surface area is 123 Å². The first-order valence-corrected chi connectivity index (χ1v) is 7.29. The molecule has 116 valence electrons. The van der Waals surface area contributed by atoms with Gasteiger partial charge in [-0.15, -0.1) is 0 Å². The van der Waals surface area contributed by atoms with Crippen LogP contribution in [0.15, 0.2) is 12.5 Å². The van der Waals surface area contributed by atoms with Gasteiger partial charge >= 0.3 is 5.97 Å². The molecule has 0 aliphatic carbocycles. The fourth-order valence-electron chi connectivity index (χ4n) is 2.75. The van der Waals surface area contributed by atoms with Gasteiger partial charge in [-0.25, -0.2) is 9.78 Å². The summed E-state index contributed by atoms with van der Waals surface area (Å²) in [5, 5.41) is 15.2. The summed E-state index contributed by atoms with van der Waals surface area (Å²) in [6.07, 6.45) is 5.68. The maximum absolute atomic E-state index is 12.6. The van der Waals surface area contributed by atoms with E-state index in [0.29, 0.717) is 18.7 Å². The van der Waals surface area contributed by atoms with Gasteiger partial charge in [0, 0.05) is 24.9 Å². The molecular formula is C14H22N4O3. The van der Waals surface area contributed by atoms with Crippen molar-refractivity contribution >= 4 is 11.9 Å². The zero-order valence-electron chi connectivity index (χ0n) is 12.2. The third-order valence-electron chi connectivity index (χ3n) is 4.21. The Bertz CT molecular complexity index is 480. The maximum atomic E-state index is 12.6. The normalized spacial score (nSPS) is 23.5. The Morgan fingerprint density at radius 1 is 1.57 bits per heavy atom. The van der Waals surface area contributed by atoms with Crippen LogP contribution in [0.5, 0.6) is 0 Å². The Hall–Kier alpha value is -1.89. The molecule has 1 aromatic heterocycles. The number of hydrogen-bond donors (Lipinski definition) is 4. The van der Waals surface area contributed by atoms with Crippen LogP contribution in [0.3, 0.4) is 0 Å². The van der Waals surface area contributed by atoms with Crippen molar-refractivity contribution in [1.29, 1.82) is 0 Å². The van der Waals surface area contributed by atoms with Gasteiger partial charge < -0.3 is 20.7 Å². The van der Waals surface area contributed by atoms with Crippen LogP contribution in [0.4, 0.5) is 0 Å². The van der Waals surface area contributed by atoms with E-state index in [1.54, 1.807) is 6.20 Å². The van der Waals surface area contributed by atoms with Gasteiger partial charge in [-0.3, -0.25) is 4.79 Å². The van der Waals surface area contributed by atoms with Gasteiger partial charge in [0.1, 0.15) is 6.04 Å². The Morgan fingerprint density at radius 2 is 2.38 bits per heavy atom. The molecule has 1 saturated heterocycles. The lowest BCUT2D eigenvalue weighted by atomic mass is 9.77. The van der Waals surface area contributed by atoms with Crippen molar-refractivity contribution in [2.24, 2.45) is 5.41 Å². The number of carbonyl (C=O) groups excluding carboxylic acids is 1. The molecule has 4 N–H and O–H groups in total. The van der Waals surface area contributed by atoms with E-state index in [9.17, 15) is 14.7 Å². The average molecular weight is 294 g/mol. The molecule has 2 unspecified atom stereocenters. The molecule has 7 heteroatoms. The van der Waals surface area contributed by atoms with Crippen molar-refractivity contribution in [1.82, 2.24) is 20.6 Å². The van der Waals surface area contributed by atoms with Crippen LogP contribution < -0.4 is 10.6 Å². The second-order valence-corrected chi connectivity index (χ2v) is 5.56. The molecule has 2 heterocycles. The molecule has 1 aliphatic heterocycles. The fourth-order valence-corrected chi connectivity index (χ4v) is 2.75. The molecule has 0 aromatic carbocycles. The van der Waals surface area contributed by atoms with Crippen molar-refractivity contribution < 1.29 is 14.7 Å². The van der Waals surface area contributed by atoms with E-state index in [2.05, 4.69) is 20.6 Å². The van der Waals surface area contributed by atoms with Crippen LogP contribution in [0.1, 0.15) is 31.9 Å². The number of amides is 1. The zero-order chi connectivity index (χ0) is 15.3. The van der Waals surface area contributed by atoms with Gasteiger partial charge in [0.25, 0.3) is 0 Å². The lowest BCUT2D eigenvalue weighted by molar-refractivity contribution is -0.144. The van der Waals surface area contributed by atoms with Crippen LogP contribution in [-0.2, 0) is 16.0 Å². The predicted octanol–water partition coefficient (Wildman–Crippen LogP) is 0.301. The number of piperidine rings is 1. The maximum Gasteiger partial charge on any atom is 0.326 e. The molecule has 2 rings (SSSR count). The molecule has 2 atom stereocenters. The highest BCUT2D eigenvalue weighted by Crippen LogP contribution is 2.30. The average Bonchev–Trinajstić information content (AvgIpc) is 3.00. The van der Waals surface area contributed by atoms with E-state index in [-0.39, 0.29) is 12.3 Å². The minimum Gasteiger partial charge on any atom is -0.480 e. The second-order valence-electron chi connectivity index (χ2n) is 5.56. The summed E-state index contributed by atoms with van der Waals surface area (Å²) in [7, 11) is 0. The van der Waals surface area contributed by atoms with E-state index >= 15 is 0 Å². The van der Waals surface area contributed by atoms with Gasteiger partial charge in [0.05, 0.1) is 11.7 Å². The van der Waals surface area contributed by atoms with Crippen molar-refractivity contribution in [3.05, 3.63) is 18.2 Å². The Kier molecular flexibility index (Phi) is 4.95. The summed E-state index contributed by atoms with van der Waals surface area (Å²) in [5.74, 6) is -1.21. The highest BCUT2D eigenvalue weighted by Gasteiger charge is 2.39.